The molecule has 3 rings (SSSR count). The molecule has 0 radical (unpaired) electrons. The molecule has 0 spiro atoms. The van der Waals surface area contributed by atoms with Crippen molar-refractivity contribution in [3.63, 3.8) is 0 Å². The summed E-state index contributed by atoms with van der Waals surface area (Å²) < 4.78 is 23.0. The third kappa shape index (κ3) is 3.22. The van der Waals surface area contributed by atoms with Gasteiger partial charge in [0.1, 0.15) is 5.82 Å². The average molecular weight is 283 g/mol. The van der Waals surface area contributed by atoms with Gasteiger partial charge in [-0.2, -0.15) is 0 Å². The van der Waals surface area contributed by atoms with Crippen LogP contribution in [0.5, 0.6) is 0 Å². The fourth-order valence-corrected chi connectivity index (χ4v) is 4.11. The molecule has 104 valence electrons. The lowest BCUT2D eigenvalue weighted by Gasteiger charge is -2.09. The first-order chi connectivity index (χ1) is 9.02. The molecule has 1 aliphatic heterocycles. The van der Waals surface area contributed by atoms with E-state index in [4.69, 9.17) is 0 Å². The van der Waals surface area contributed by atoms with E-state index in [-0.39, 0.29) is 23.0 Å². The molecule has 2 fully saturated rings. The first-order valence-corrected chi connectivity index (χ1v) is 8.38. The molecule has 7 heteroatoms. The van der Waals surface area contributed by atoms with E-state index in [9.17, 15) is 13.2 Å². The zero-order valence-corrected chi connectivity index (χ0v) is 11.4. The molecule has 2 heterocycles. The van der Waals surface area contributed by atoms with Crippen molar-refractivity contribution in [3.8, 4) is 0 Å². The Morgan fingerprint density at radius 3 is 2.79 bits per heavy atom. The second-order valence-corrected chi connectivity index (χ2v) is 7.61. The summed E-state index contributed by atoms with van der Waals surface area (Å²) in [5.41, 5.74) is 0.483. The molecule has 1 aromatic rings. The lowest BCUT2D eigenvalue weighted by molar-refractivity contribution is 0.600. The summed E-state index contributed by atoms with van der Waals surface area (Å²) >= 11 is 0. The number of H-pyrrole nitrogens is 1. The Morgan fingerprint density at radius 2 is 2.16 bits per heavy atom. The first-order valence-electron chi connectivity index (χ1n) is 6.56. The van der Waals surface area contributed by atoms with E-state index in [1.807, 2.05) is 0 Å². The zero-order valence-electron chi connectivity index (χ0n) is 10.6. The van der Waals surface area contributed by atoms with Gasteiger partial charge in [0.05, 0.1) is 17.2 Å². The van der Waals surface area contributed by atoms with Crippen molar-refractivity contribution in [3.05, 3.63) is 27.9 Å². The number of nitrogens with one attached hydrogen (secondary N) is 2. The predicted molar refractivity (Wildman–Crippen MR) is 70.7 cm³/mol. The lowest BCUT2D eigenvalue weighted by atomic mass is 10.1. The maximum atomic E-state index is 11.6. The molecule has 2 N–H and O–H groups in total. The van der Waals surface area contributed by atoms with Crippen molar-refractivity contribution >= 4 is 9.84 Å². The summed E-state index contributed by atoms with van der Waals surface area (Å²) in [6.45, 7) is 0.570. The third-order valence-corrected chi connectivity index (χ3v) is 5.35. The monoisotopic (exact) mass is 283 g/mol. The Labute approximate surface area is 111 Å². The number of sulfone groups is 1. The predicted octanol–water partition coefficient (Wildman–Crippen LogP) is -0.0760. The van der Waals surface area contributed by atoms with Gasteiger partial charge in [-0.1, -0.05) is 0 Å². The fourth-order valence-electron chi connectivity index (χ4n) is 2.36. The number of hydrogen-bond donors (Lipinski definition) is 2. The molecule has 0 bridgehead atoms. The molecule has 1 atom stereocenters. The van der Waals surface area contributed by atoms with Crippen LogP contribution in [0.1, 0.15) is 36.7 Å². The van der Waals surface area contributed by atoms with Gasteiger partial charge in [0.25, 0.3) is 5.56 Å². The topological polar surface area (TPSA) is 91.9 Å². The fraction of sp³-hybridized carbons (Fsp3) is 0.667. The van der Waals surface area contributed by atoms with Gasteiger partial charge >= 0.3 is 0 Å². The van der Waals surface area contributed by atoms with Gasteiger partial charge < -0.3 is 10.3 Å². The number of nitrogens with zero attached hydrogens (tertiary/aromatic N) is 1. The first kappa shape index (κ1) is 12.8. The molecule has 2 aliphatic rings. The third-order valence-electron chi connectivity index (χ3n) is 3.58. The number of rotatable bonds is 4. The molecule has 1 aromatic heterocycles. The quantitative estimate of drug-likeness (QED) is 0.806. The smallest absolute Gasteiger partial charge is 0.251 e. The highest BCUT2D eigenvalue weighted by molar-refractivity contribution is 7.91. The van der Waals surface area contributed by atoms with Crippen LogP contribution in [0.2, 0.25) is 0 Å². The van der Waals surface area contributed by atoms with Gasteiger partial charge in [0.2, 0.25) is 0 Å². The van der Waals surface area contributed by atoms with E-state index in [0.29, 0.717) is 30.5 Å². The molecule has 1 saturated carbocycles. The summed E-state index contributed by atoms with van der Waals surface area (Å²) in [5.74, 6) is 0.626. The molecule has 0 aromatic carbocycles. The van der Waals surface area contributed by atoms with E-state index in [2.05, 4.69) is 15.3 Å². The minimum Gasteiger partial charge on any atom is -0.310 e. The van der Waals surface area contributed by atoms with Crippen LogP contribution in [0.25, 0.3) is 0 Å². The Hall–Kier alpha value is -1.21. The van der Waals surface area contributed by atoms with E-state index in [1.165, 1.54) is 18.9 Å². The number of aromatic amines is 1. The van der Waals surface area contributed by atoms with Gasteiger partial charge in [0, 0.05) is 24.6 Å². The Bertz CT molecular complexity index is 634. The van der Waals surface area contributed by atoms with E-state index in [0.717, 1.165) is 0 Å². The van der Waals surface area contributed by atoms with Crippen LogP contribution in [0.4, 0.5) is 0 Å². The Morgan fingerprint density at radius 1 is 1.37 bits per heavy atom. The van der Waals surface area contributed by atoms with Gasteiger partial charge in [0.15, 0.2) is 9.84 Å². The molecular weight excluding hydrogens is 266 g/mol. The average Bonchev–Trinajstić information content (AvgIpc) is 3.09. The van der Waals surface area contributed by atoms with Crippen molar-refractivity contribution in [1.29, 1.82) is 0 Å². The summed E-state index contributed by atoms with van der Waals surface area (Å²) in [4.78, 5) is 18.7. The van der Waals surface area contributed by atoms with Crippen molar-refractivity contribution < 1.29 is 8.42 Å². The second-order valence-electron chi connectivity index (χ2n) is 5.38. The van der Waals surface area contributed by atoms with Gasteiger partial charge in [-0.3, -0.25) is 4.79 Å². The highest BCUT2D eigenvalue weighted by Gasteiger charge is 2.31. The summed E-state index contributed by atoms with van der Waals surface area (Å²) in [6, 6.07) is 2.03. The highest BCUT2D eigenvalue weighted by Crippen LogP contribution is 2.26. The molecule has 6 nitrogen and oxygen atoms in total. The van der Waals surface area contributed by atoms with Crippen LogP contribution in [-0.2, 0) is 16.4 Å². The Kier molecular flexibility index (Phi) is 3.18. The normalized spacial score (nSPS) is 25.6. The van der Waals surface area contributed by atoms with Crippen LogP contribution < -0.4 is 10.9 Å². The van der Waals surface area contributed by atoms with Crippen molar-refractivity contribution in [1.82, 2.24) is 15.3 Å². The summed E-state index contributed by atoms with van der Waals surface area (Å²) in [5, 5.41) is 3.30. The van der Waals surface area contributed by atoms with Crippen LogP contribution in [-0.4, -0.2) is 35.9 Å². The maximum Gasteiger partial charge on any atom is 0.251 e. The minimum atomic E-state index is -2.96. The lowest BCUT2D eigenvalue weighted by Crippen LogP contribution is -2.21. The van der Waals surface area contributed by atoms with E-state index < -0.39 is 9.84 Å². The summed E-state index contributed by atoms with van der Waals surface area (Å²) in [7, 11) is -2.96. The molecular formula is C12H17N3O3S. The van der Waals surface area contributed by atoms with Gasteiger partial charge in [-0.25, -0.2) is 13.4 Å². The van der Waals surface area contributed by atoms with Crippen molar-refractivity contribution in [2.45, 2.75) is 37.8 Å². The van der Waals surface area contributed by atoms with Crippen LogP contribution in [0.3, 0.4) is 0 Å². The second kappa shape index (κ2) is 4.72. The van der Waals surface area contributed by atoms with Crippen LogP contribution in [0.15, 0.2) is 10.9 Å². The summed E-state index contributed by atoms with van der Waals surface area (Å²) in [6.07, 6.45) is 2.90. The van der Waals surface area contributed by atoms with Gasteiger partial charge in [-0.05, 0) is 19.3 Å². The molecule has 0 amide bonds. The van der Waals surface area contributed by atoms with E-state index in [1.54, 1.807) is 0 Å². The molecule has 1 unspecified atom stereocenters. The molecule has 19 heavy (non-hydrogen) atoms. The minimum absolute atomic E-state index is 0.0927. The van der Waals surface area contributed by atoms with Crippen LogP contribution >= 0.6 is 0 Å². The zero-order chi connectivity index (χ0) is 13.5. The number of hydrogen-bond acceptors (Lipinski definition) is 5. The van der Waals surface area contributed by atoms with Crippen molar-refractivity contribution in [2.24, 2.45) is 0 Å². The Balaban J connectivity index is 1.78. The molecule has 1 aliphatic carbocycles. The SMILES string of the molecule is O=c1cc(CNC2CC2)nc(C2CCS(=O)(=O)C2)[nH]1. The van der Waals surface area contributed by atoms with E-state index >= 15 is 0 Å². The van der Waals surface area contributed by atoms with Gasteiger partial charge in [-0.15, -0.1) is 0 Å². The van der Waals surface area contributed by atoms with Crippen LogP contribution in [0, 0.1) is 0 Å². The number of aromatic nitrogens is 2. The standard InChI is InChI=1S/C12H17N3O3S/c16-11-5-10(6-13-9-1-2-9)14-12(15-11)8-3-4-19(17,18)7-8/h5,8-9,13H,1-4,6-7H2,(H,14,15,16). The maximum absolute atomic E-state index is 11.6. The highest BCUT2D eigenvalue weighted by atomic mass is 32.2. The largest absolute Gasteiger partial charge is 0.310 e. The molecule has 1 saturated heterocycles. The van der Waals surface area contributed by atoms with Crippen molar-refractivity contribution in [2.75, 3.05) is 11.5 Å².